The summed E-state index contributed by atoms with van der Waals surface area (Å²) in [6.07, 6.45) is 20.3. The molecule has 4 unspecified atom stereocenters. The predicted molar refractivity (Wildman–Crippen MR) is 145 cm³/mol. The van der Waals surface area contributed by atoms with Crippen molar-refractivity contribution in [1.29, 1.82) is 0 Å². The van der Waals surface area contributed by atoms with Gasteiger partial charge >= 0.3 is 0 Å². The van der Waals surface area contributed by atoms with E-state index in [-0.39, 0.29) is 0 Å². The van der Waals surface area contributed by atoms with E-state index in [2.05, 4.69) is 19.2 Å². The molecule has 35 heavy (non-hydrogen) atoms. The zero-order chi connectivity index (χ0) is 26.2. The van der Waals surface area contributed by atoms with Crippen LogP contribution in [0.25, 0.3) is 0 Å². The molecule has 0 fully saturated rings. The molecule has 0 aliphatic rings. The first kappa shape index (κ1) is 34.3. The fourth-order valence-corrected chi connectivity index (χ4v) is 4.58. The molecule has 0 aliphatic heterocycles. The summed E-state index contributed by atoms with van der Waals surface area (Å²) < 4.78 is 0. The molecule has 0 aromatic carbocycles. The molecule has 0 rings (SSSR count). The first-order chi connectivity index (χ1) is 17.0. The summed E-state index contributed by atoms with van der Waals surface area (Å²) in [5.74, 6) is -0.591. The van der Waals surface area contributed by atoms with Gasteiger partial charge in [0, 0.05) is 0 Å². The summed E-state index contributed by atoms with van der Waals surface area (Å²) >= 11 is 0. The van der Waals surface area contributed by atoms with Gasteiger partial charge in [-0.05, 0) is 12.8 Å². The van der Waals surface area contributed by atoms with Crippen molar-refractivity contribution in [3.63, 3.8) is 0 Å². The highest BCUT2D eigenvalue weighted by molar-refractivity contribution is 5.80. The Kier molecular flexibility index (Phi) is 24.5. The van der Waals surface area contributed by atoms with Crippen LogP contribution in [0.4, 0.5) is 0 Å². The van der Waals surface area contributed by atoms with Gasteiger partial charge in [0.2, 0.25) is 5.91 Å². The third-order valence-corrected chi connectivity index (χ3v) is 7.07. The molecule has 210 valence electrons. The Hall–Kier alpha value is -0.690. The highest BCUT2D eigenvalue weighted by atomic mass is 16.3. The third-order valence-electron chi connectivity index (χ3n) is 7.07. The van der Waals surface area contributed by atoms with Gasteiger partial charge < -0.3 is 25.7 Å². The number of nitrogens with one attached hydrogen (secondary N) is 1. The molecule has 0 aromatic rings. The number of aliphatic hydroxyl groups excluding tert-OH is 4. The Balaban J connectivity index is 3.76. The Labute approximate surface area is 216 Å². The van der Waals surface area contributed by atoms with E-state index in [1.54, 1.807) is 0 Å². The van der Waals surface area contributed by atoms with Gasteiger partial charge in [-0.25, -0.2) is 0 Å². The van der Waals surface area contributed by atoms with Crippen LogP contribution in [0.3, 0.4) is 0 Å². The molecular weight excluding hydrogens is 442 g/mol. The van der Waals surface area contributed by atoms with Crippen molar-refractivity contribution in [3.05, 3.63) is 0 Å². The maximum Gasteiger partial charge on any atom is 0.249 e. The lowest BCUT2D eigenvalue weighted by atomic mass is 9.99. The van der Waals surface area contributed by atoms with Crippen LogP contribution in [-0.4, -0.2) is 57.3 Å². The van der Waals surface area contributed by atoms with Crippen LogP contribution < -0.4 is 5.32 Å². The van der Waals surface area contributed by atoms with E-state index in [0.29, 0.717) is 12.8 Å². The van der Waals surface area contributed by atoms with Crippen LogP contribution >= 0.6 is 0 Å². The van der Waals surface area contributed by atoms with E-state index in [1.165, 1.54) is 77.0 Å². The molecular formula is C29H59NO5. The van der Waals surface area contributed by atoms with Crippen molar-refractivity contribution in [1.82, 2.24) is 5.32 Å². The Bertz CT molecular complexity index is 462. The Morgan fingerprint density at radius 3 is 1.40 bits per heavy atom. The SMILES string of the molecule is CCCCCCCCCCCCCCCCCC(O)C(=O)NC(CO)C(O)C(O)CCCCCC. The minimum atomic E-state index is -1.25. The minimum Gasteiger partial charge on any atom is -0.394 e. The zero-order valence-corrected chi connectivity index (χ0v) is 23.1. The molecule has 0 spiro atoms. The van der Waals surface area contributed by atoms with Crippen LogP contribution in [0.2, 0.25) is 0 Å². The van der Waals surface area contributed by atoms with Gasteiger partial charge in [0.25, 0.3) is 0 Å². The van der Waals surface area contributed by atoms with Crippen LogP contribution in [0.5, 0.6) is 0 Å². The molecule has 0 saturated carbocycles. The molecule has 4 atom stereocenters. The van der Waals surface area contributed by atoms with E-state index >= 15 is 0 Å². The van der Waals surface area contributed by atoms with Crippen LogP contribution in [0.1, 0.15) is 149 Å². The van der Waals surface area contributed by atoms with Gasteiger partial charge in [-0.2, -0.15) is 0 Å². The van der Waals surface area contributed by atoms with E-state index in [4.69, 9.17) is 0 Å². The third kappa shape index (κ3) is 20.1. The molecule has 6 nitrogen and oxygen atoms in total. The number of amides is 1. The van der Waals surface area contributed by atoms with Gasteiger partial charge in [0.1, 0.15) is 12.2 Å². The number of rotatable bonds is 26. The minimum absolute atomic E-state index is 0.373. The largest absolute Gasteiger partial charge is 0.394 e. The van der Waals surface area contributed by atoms with Crippen molar-refractivity contribution in [2.24, 2.45) is 0 Å². The number of hydrogen-bond acceptors (Lipinski definition) is 5. The molecule has 0 aliphatic carbocycles. The second-order valence-electron chi connectivity index (χ2n) is 10.5. The molecule has 0 radical (unpaired) electrons. The van der Waals surface area contributed by atoms with Gasteiger partial charge in [-0.3, -0.25) is 4.79 Å². The summed E-state index contributed by atoms with van der Waals surface area (Å²) in [6, 6.07) is -0.973. The van der Waals surface area contributed by atoms with Crippen molar-refractivity contribution in [2.75, 3.05) is 6.61 Å². The molecule has 5 N–H and O–H groups in total. The van der Waals surface area contributed by atoms with Gasteiger partial charge in [-0.15, -0.1) is 0 Å². The van der Waals surface area contributed by atoms with E-state index in [1.807, 2.05) is 0 Å². The highest BCUT2D eigenvalue weighted by Gasteiger charge is 2.28. The Morgan fingerprint density at radius 1 is 0.600 bits per heavy atom. The molecule has 0 saturated heterocycles. The average molecular weight is 502 g/mol. The predicted octanol–water partition coefficient (Wildman–Crippen LogP) is 5.78. The molecule has 0 bridgehead atoms. The van der Waals surface area contributed by atoms with Gasteiger partial charge in [0.15, 0.2) is 0 Å². The zero-order valence-electron chi connectivity index (χ0n) is 23.1. The van der Waals surface area contributed by atoms with E-state index < -0.39 is 36.9 Å². The molecule has 0 aromatic heterocycles. The second-order valence-corrected chi connectivity index (χ2v) is 10.5. The number of hydrogen-bond donors (Lipinski definition) is 5. The second kappa shape index (κ2) is 25.0. The Morgan fingerprint density at radius 2 is 0.971 bits per heavy atom. The highest BCUT2D eigenvalue weighted by Crippen LogP contribution is 2.15. The van der Waals surface area contributed by atoms with Crippen molar-refractivity contribution < 1.29 is 25.2 Å². The summed E-state index contributed by atoms with van der Waals surface area (Å²) in [6.45, 7) is 3.88. The molecule has 0 heterocycles. The summed E-state index contributed by atoms with van der Waals surface area (Å²) in [4.78, 5) is 12.3. The normalized spacial score (nSPS) is 15.0. The summed E-state index contributed by atoms with van der Waals surface area (Å²) in [5, 5.41) is 42.6. The van der Waals surface area contributed by atoms with Crippen LogP contribution in [-0.2, 0) is 4.79 Å². The van der Waals surface area contributed by atoms with Crippen molar-refractivity contribution in [3.8, 4) is 0 Å². The monoisotopic (exact) mass is 501 g/mol. The quantitative estimate of drug-likeness (QED) is 0.0965. The van der Waals surface area contributed by atoms with Crippen molar-refractivity contribution >= 4 is 5.91 Å². The lowest BCUT2D eigenvalue weighted by Gasteiger charge is -2.27. The standard InChI is InChI=1S/C29H59NO5/c1-3-5-7-9-10-11-12-13-14-15-16-17-18-19-21-23-27(33)29(35)30-25(24-31)28(34)26(32)22-20-8-6-4-2/h25-28,31-34H,3-24H2,1-2H3,(H,30,35). The topological polar surface area (TPSA) is 110 Å². The lowest BCUT2D eigenvalue weighted by molar-refractivity contribution is -0.132. The van der Waals surface area contributed by atoms with Crippen LogP contribution in [0, 0.1) is 0 Å². The fraction of sp³-hybridized carbons (Fsp3) is 0.966. The lowest BCUT2D eigenvalue weighted by Crippen LogP contribution is -2.53. The summed E-state index contributed by atoms with van der Waals surface area (Å²) in [5.41, 5.74) is 0. The number of carbonyl (C=O) groups is 1. The molecule has 1 amide bonds. The maximum atomic E-state index is 12.3. The smallest absolute Gasteiger partial charge is 0.249 e. The van der Waals surface area contributed by atoms with Gasteiger partial charge in [0.05, 0.1) is 18.8 Å². The number of aliphatic hydroxyl groups is 4. The summed E-state index contributed by atoms with van der Waals surface area (Å²) in [7, 11) is 0. The number of unbranched alkanes of at least 4 members (excludes halogenated alkanes) is 17. The van der Waals surface area contributed by atoms with Gasteiger partial charge in [-0.1, -0.05) is 136 Å². The average Bonchev–Trinajstić information content (AvgIpc) is 2.86. The maximum absolute atomic E-state index is 12.3. The first-order valence-corrected chi connectivity index (χ1v) is 14.9. The van der Waals surface area contributed by atoms with Crippen LogP contribution in [0.15, 0.2) is 0 Å². The fourth-order valence-electron chi connectivity index (χ4n) is 4.58. The number of carbonyl (C=O) groups excluding carboxylic acids is 1. The van der Waals surface area contributed by atoms with E-state index in [9.17, 15) is 25.2 Å². The molecule has 6 heteroatoms. The first-order valence-electron chi connectivity index (χ1n) is 14.9. The van der Waals surface area contributed by atoms with Crippen molar-refractivity contribution in [2.45, 2.75) is 173 Å². The van der Waals surface area contributed by atoms with E-state index in [0.717, 1.165) is 44.9 Å².